The molecule has 100 valence electrons. The Hall–Kier alpha value is -2.29. The molecule has 0 aliphatic carbocycles. The summed E-state index contributed by atoms with van der Waals surface area (Å²) < 4.78 is 0. The van der Waals surface area contributed by atoms with Crippen molar-refractivity contribution < 1.29 is 19.6 Å². The van der Waals surface area contributed by atoms with Crippen LogP contribution in [-0.2, 0) is 4.79 Å². The molecule has 1 aliphatic rings. The van der Waals surface area contributed by atoms with Crippen LogP contribution in [0, 0.1) is 10.1 Å². The number of thioether (sulfide) groups is 1. The maximum Gasteiger partial charge on any atom is 0.279 e. The molecule has 8 nitrogen and oxygen atoms in total. The van der Waals surface area contributed by atoms with Gasteiger partial charge in [-0.1, -0.05) is 11.8 Å². The number of amides is 2. The van der Waals surface area contributed by atoms with Crippen molar-refractivity contribution in [3.8, 4) is 5.75 Å². The molecule has 19 heavy (non-hydrogen) atoms. The largest absolute Gasteiger partial charge is 0.506 e. The fraction of sp³-hybridized carbons (Fsp3) is 0.200. The second-order valence-electron chi connectivity index (χ2n) is 3.74. The van der Waals surface area contributed by atoms with E-state index in [0.29, 0.717) is 0 Å². The molecular weight excluding hydrogens is 274 g/mol. The van der Waals surface area contributed by atoms with Crippen LogP contribution in [0.2, 0.25) is 0 Å². The molecule has 0 radical (unpaired) electrons. The van der Waals surface area contributed by atoms with Gasteiger partial charge in [0.05, 0.1) is 10.6 Å². The molecule has 1 aromatic carbocycles. The van der Waals surface area contributed by atoms with Crippen molar-refractivity contribution in [3.05, 3.63) is 28.3 Å². The van der Waals surface area contributed by atoms with Crippen molar-refractivity contribution in [2.75, 3.05) is 11.1 Å². The number of aromatic hydroxyl groups is 1. The van der Waals surface area contributed by atoms with Gasteiger partial charge in [0.1, 0.15) is 11.8 Å². The van der Waals surface area contributed by atoms with Gasteiger partial charge in [-0.05, 0) is 6.07 Å². The predicted molar refractivity (Wildman–Crippen MR) is 68.2 cm³/mol. The minimum Gasteiger partial charge on any atom is -0.506 e. The highest BCUT2D eigenvalue weighted by atomic mass is 32.2. The lowest BCUT2D eigenvalue weighted by Gasteiger charge is -2.11. The Morgan fingerprint density at radius 2 is 2.32 bits per heavy atom. The molecule has 0 spiro atoms. The van der Waals surface area contributed by atoms with Crippen molar-refractivity contribution in [2.24, 2.45) is 0 Å². The van der Waals surface area contributed by atoms with Crippen molar-refractivity contribution in [1.82, 2.24) is 5.32 Å². The SMILES string of the molecule is O=C1NC(C(=O)Nc2cc([N+](=O)[O-])ccc2O)CS1. The van der Waals surface area contributed by atoms with E-state index >= 15 is 0 Å². The normalized spacial score (nSPS) is 17.9. The number of benzene rings is 1. The summed E-state index contributed by atoms with van der Waals surface area (Å²) in [7, 11) is 0. The van der Waals surface area contributed by atoms with E-state index in [4.69, 9.17) is 0 Å². The standard InChI is InChI=1S/C10H9N3O5S/c14-8-2-1-5(13(17)18)3-6(8)11-9(15)7-4-19-10(16)12-7/h1-3,7,14H,4H2,(H,11,15)(H,12,16). The first-order valence-corrected chi connectivity index (χ1v) is 6.17. The van der Waals surface area contributed by atoms with E-state index in [1.54, 1.807) is 0 Å². The van der Waals surface area contributed by atoms with Crippen LogP contribution in [0.4, 0.5) is 16.2 Å². The molecule has 1 atom stereocenters. The summed E-state index contributed by atoms with van der Waals surface area (Å²) in [6.07, 6.45) is 0. The van der Waals surface area contributed by atoms with Crippen molar-refractivity contribution in [2.45, 2.75) is 6.04 Å². The average Bonchev–Trinajstić information content (AvgIpc) is 2.78. The quantitative estimate of drug-likeness (QED) is 0.433. The van der Waals surface area contributed by atoms with Gasteiger partial charge in [-0.25, -0.2) is 0 Å². The predicted octanol–water partition coefficient (Wildman–Crippen LogP) is 1.06. The van der Waals surface area contributed by atoms with Crippen molar-refractivity contribution in [1.29, 1.82) is 0 Å². The molecular formula is C10H9N3O5S. The number of phenolic OH excluding ortho intramolecular Hbond substituents is 1. The maximum atomic E-state index is 11.8. The Kier molecular flexibility index (Phi) is 3.56. The van der Waals surface area contributed by atoms with E-state index in [0.717, 1.165) is 30.0 Å². The first-order chi connectivity index (χ1) is 8.97. The number of hydrogen-bond acceptors (Lipinski definition) is 6. The molecule has 0 saturated carbocycles. The van der Waals surface area contributed by atoms with Gasteiger partial charge in [-0.15, -0.1) is 0 Å². The van der Waals surface area contributed by atoms with Crippen LogP contribution in [0.1, 0.15) is 0 Å². The van der Waals surface area contributed by atoms with Crippen LogP contribution in [0.3, 0.4) is 0 Å². The van der Waals surface area contributed by atoms with Crippen molar-refractivity contribution in [3.63, 3.8) is 0 Å². The van der Waals surface area contributed by atoms with Crippen LogP contribution < -0.4 is 10.6 Å². The molecule has 1 heterocycles. The van der Waals surface area contributed by atoms with Crippen LogP contribution in [0.25, 0.3) is 0 Å². The summed E-state index contributed by atoms with van der Waals surface area (Å²) in [5.74, 6) is -0.537. The van der Waals surface area contributed by atoms with E-state index in [1.165, 1.54) is 0 Å². The molecule has 1 unspecified atom stereocenters. The number of carbonyl (C=O) groups excluding carboxylic acids is 2. The number of nitrogens with one attached hydrogen (secondary N) is 2. The van der Waals surface area contributed by atoms with Gasteiger partial charge >= 0.3 is 0 Å². The third-order valence-electron chi connectivity index (χ3n) is 2.44. The van der Waals surface area contributed by atoms with Crippen LogP contribution in [-0.4, -0.2) is 33.0 Å². The van der Waals surface area contributed by atoms with E-state index < -0.39 is 16.9 Å². The number of rotatable bonds is 3. The highest BCUT2D eigenvalue weighted by Gasteiger charge is 2.28. The molecule has 1 aromatic rings. The van der Waals surface area contributed by atoms with Gasteiger partial charge in [-0.2, -0.15) is 0 Å². The number of hydrogen-bond donors (Lipinski definition) is 3. The first-order valence-electron chi connectivity index (χ1n) is 5.19. The van der Waals surface area contributed by atoms with Gasteiger partial charge in [0.15, 0.2) is 0 Å². The summed E-state index contributed by atoms with van der Waals surface area (Å²) >= 11 is 0.975. The second-order valence-corrected chi connectivity index (χ2v) is 4.74. The van der Waals surface area contributed by atoms with E-state index in [9.17, 15) is 24.8 Å². The Bertz CT molecular complexity index is 562. The minimum absolute atomic E-state index is 0.0645. The second kappa shape index (κ2) is 5.14. The van der Waals surface area contributed by atoms with Crippen LogP contribution in [0.15, 0.2) is 18.2 Å². The van der Waals surface area contributed by atoms with E-state index in [1.807, 2.05) is 0 Å². The summed E-state index contributed by atoms with van der Waals surface area (Å²) in [6.45, 7) is 0. The zero-order chi connectivity index (χ0) is 14.0. The Balaban J connectivity index is 2.14. The van der Waals surface area contributed by atoms with Gasteiger partial charge in [0.25, 0.3) is 10.9 Å². The lowest BCUT2D eigenvalue weighted by Crippen LogP contribution is -2.38. The van der Waals surface area contributed by atoms with Crippen LogP contribution >= 0.6 is 11.8 Å². The van der Waals surface area contributed by atoms with Gasteiger partial charge in [-0.3, -0.25) is 19.7 Å². The van der Waals surface area contributed by atoms with Gasteiger partial charge < -0.3 is 15.7 Å². The Labute approximate surface area is 111 Å². The third-order valence-corrected chi connectivity index (χ3v) is 3.32. The van der Waals surface area contributed by atoms with Crippen LogP contribution in [0.5, 0.6) is 5.75 Å². The minimum atomic E-state index is -0.712. The average molecular weight is 283 g/mol. The summed E-state index contributed by atoms with van der Waals surface area (Å²) in [6, 6.07) is 2.58. The fourth-order valence-corrected chi connectivity index (χ4v) is 2.26. The molecule has 0 aromatic heterocycles. The number of nitrogens with zero attached hydrogens (tertiary/aromatic N) is 1. The molecule has 2 rings (SSSR count). The lowest BCUT2D eigenvalue weighted by molar-refractivity contribution is -0.384. The van der Waals surface area contributed by atoms with Crippen molar-refractivity contribution >= 4 is 34.3 Å². The number of anilines is 1. The van der Waals surface area contributed by atoms with E-state index in [-0.39, 0.29) is 28.1 Å². The zero-order valence-electron chi connectivity index (χ0n) is 9.45. The molecule has 2 amide bonds. The maximum absolute atomic E-state index is 11.8. The first kappa shape index (κ1) is 13.1. The highest BCUT2D eigenvalue weighted by molar-refractivity contribution is 8.14. The number of phenols is 1. The number of carbonyl (C=O) groups is 2. The molecule has 1 fully saturated rings. The number of nitro benzene ring substituents is 1. The Morgan fingerprint density at radius 3 is 2.89 bits per heavy atom. The zero-order valence-corrected chi connectivity index (χ0v) is 10.3. The van der Waals surface area contributed by atoms with E-state index in [2.05, 4.69) is 10.6 Å². The molecule has 0 bridgehead atoms. The molecule has 1 aliphatic heterocycles. The topological polar surface area (TPSA) is 122 Å². The summed E-state index contributed by atoms with van der Waals surface area (Å²) in [5, 5.41) is 24.6. The monoisotopic (exact) mass is 283 g/mol. The molecule has 9 heteroatoms. The lowest BCUT2D eigenvalue weighted by atomic mass is 10.2. The number of nitro groups is 1. The molecule has 3 N–H and O–H groups in total. The fourth-order valence-electron chi connectivity index (χ4n) is 1.48. The molecule has 1 saturated heterocycles. The van der Waals surface area contributed by atoms with Gasteiger partial charge in [0.2, 0.25) is 5.91 Å². The van der Waals surface area contributed by atoms with Gasteiger partial charge in [0, 0.05) is 17.9 Å². The number of non-ortho nitro benzene ring substituents is 1. The summed E-state index contributed by atoms with van der Waals surface area (Å²) in [5.41, 5.74) is -0.316. The highest BCUT2D eigenvalue weighted by Crippen LogP contribution is 2.28. The smallest absolute Gasteiger partial charge is 0.279 e. The third kappa shape index (κ3) is 2.94. The Morgan fingerprint density at radius 1 is 1.58 bits per heavy atom. The summed E-state index contributed by atoms with van der Waals surface area (Å²) in [4.78, 5) is 32.7.